The molecule has 0 radical (unpaired) electrons. The average Bonchev–Trinajstić information content (AvgIpc) is 2.78. The Hall–Kier alpha value is -3.28. The largest absolute Gasteiger partial charge is 0.416 e. The van der Waals surface area contributed by atoms with E-state index in [9.17, 15) is 27.0 Å². The zero-order chi connectivity index (χ0) is 24.9. The molecule has 1 atom stereocenters. The molecule has 3 aromatic rings. The number of hydrogen-bond acceptors (Lipinski definition) is 4. The van der Waals surface area contributed by atoms with E-state index in [0.717, 1.165) is 16.7 Å². The fraction of sp³-hybridized carbons (Fsp3) is 0.217. The highest BCUT2D eigenvalue weighted by atomic mass is 32.2. The van der Waals surface area contributed by atoms with Crippen LogP contribution in [-0.2, 0) is 40.9 Å². The average molecular weight is 494 g/mol. The summed E-state index contributed by atoms with van der Waals surface area (Å²) in [6.07, 6.45) is -4.60. The number of amides is 1. The Balaban J connectivity index is 1.89. The number of pyridine rings is 1. The number of carbonyl (C=O) groups is 1. The number of methoxy groups -OCH3 is 1. The SMILES string of the molecule is COCc1ccc(C(=O)NCc2ccc(CS(=O)O)cc2)c(=O)n1-c1cccc(C(F)(F)F)c1. The summed E-state index contributed by atoms with van der Waals surface area (Å²) in [4.78, 5) is 25.9. The highest BCUT2D eigenvalue weighted by Crippen LogP contribution is 2.30. The van der Waals surface area contributed by atoms with Gasteiger partial charge in [-0.1, -0.05) is 30.3 Å². The molecule has 11 heteroatoms. The van der Waals surface area contributed by atoms with Gasteiger partial charge in [-0.15, -0.1) is 0 Å². The van der Waals surface area contributed by atoms with Crippen molar-refractivity contribution < 1.29 is 31.5 Å². The summed E-state index contributed by atoms with van der Waals surface area (Å²) in [6, 6.07) is 13.7. The van der Waals surface area contributed by atoms with Crippen LogP contribution in [0.5, 0.6) is 0 Å². The molecule has 7 nitrogen and oxygen atoms in total. The van der Waals surface area contributed by atoms with Crippen LogP contribution in [-0.4, -0.2) is 26.3 Å². The molecule has 0 aliphatic heterocycles. The lowest BCUT2D eigenvalue weighted by molar-refractivity contribution is -0.137. The first-order chi connectivity index (χ1) is 16.1. The number of halogens is 3. The third-order valence-corrected chi connectivity index (χ3v) is 5.48. The molecule has 3 rings (SSSR count). The maximum absolute atomic E-state index is 13.2. The maximum atomic E-state index is 13.2. The van der Waals surface area contributed by atoms with Gasteiger partial charge in [0.05, 0.1) is 23.6 Å². The van der Waals surface area contributed by atoms with Crippen LogP contribution in [0.25, 0.3) is 5.69 Å². The van der Waals surface area contributed by atoms with Crippen molar-refractivity contribution in [3.05, 3.63) is 99.0 Å². The lowest BCUT2D eigenvalue weighted by Gasteiger charge is -2.16. The summed E-state index contributed by atoms with van der Waals surface area (Å²) in [5.74, 6) is -0.717. The molecule has 180 valence electrons. The number of rotatable bonds is 8. The van der Waals surface area contributed by atoms with Gasteiger partial charge in [0.2, 0.25) is 0 Å². The van der Waals surface area contributed by atoms with Crippen molar-refractivity contribution in [1.29, 1.82) is 0 Å². The van der Waals surface area contributed by atoms with E-state index < -0.39 is 34.3 Å². The van der Waals surface area contributed by atoms with Gasteiger partial charge in [-0.25, -0.2) is 4.21 Å². The Labute approximate surface area is 195 Å². The first-order valence-electron chi connectivity index (χ1n) is 9.95. The molecule has 1 unspecified atom stereocenters. The second-order valence-corrected chi connectivity index (χ2v) is 8.26. The zero-order valence-corrected chi connectivity index (χ0v) is 18.8. The van der Waals surface area contributed by atoms with Gasteiger partial charge in [0, 0.05) is 19.3 Å². The van der Waals surface area contributed by atoms with Crippen molar-refractivity contribution in [2.75, 3.05) is 7.11 Å². The van der Waals surface area contributed by atoms with Crippen LogP contribution in [0.4, 0.5) is 13.2 Å². The highest BCUT2D eigenvalue weighted by Gasteiger charge is 2.31. The van der Waals surface area contributed by atoms with Crippen LogP contribution in [0.3, 0.4) is 0 Å². The Morgan fingerprint density at radius 3 is 2.38 bits per heavy atom. The molecule has 0 spiro atoms. The first kappa shape index (κ1) is 25.3. The number of ether oxygens (including phenoxy) is 1. The Bertz CT molecular complexity index is 1260. The second-order valence-electron chi connectivity index (χ2n) is 7.33. The maximum Gasteiger partial charge on any atom is 0.416 e. The van der Waals surface area contributed by atoms with Crippen LogP contribution < -0.4 is 10.9 Å². The van der Waals surface area contributed by atoms with E-state index in [4.69, 9.17) is 9.29 Å². The molecule has 0 aliphatic carbocycles. The van der Waals surface area contributed by atoms with Crippen LogP contribution in [0.2, 0.25) is 0 Å². The molecule has 1 amide bonds. The summed E-state index contributed by atoms with van der Waals surface area (Å²) in [5, 5.41) is 2.61. The molecule has 0 bridgehead atoms. The molecule has 0 aliphatic rings. The predicted octanol–water partition coefficient (Wildman–Crippen LogP) is 3.65. The van der Waals surface area contributed by atoms with Crippen LogP contribution in [0, 0.1) is 0 Å². The van der Waals surface area contributed by atoms with E-state index in [1.807, 2.05) is 0 Å². The van der Waals surface area contributed by atoms with Crippen molar-refractivity contribution in [3.63, 3.8) is 0 Å². The number of benzene rings is 2. The molecule has 2 N–H and O–H groups in total. The first-order valence-corrected chi connectivity index (χ1v) is 11.2. The quantitative estimate of drug-likeness (QED) is 0.466. The molecule has 1 heterocycles. The Morgan fingerprint density at radius 2 is 1.76 bits per heavy atom. The smallest absolute Gasteiger partial charge is 0.378 e. The topological polar surface area (TPSA) is 97.6 Å². The van der Waals surface area contributed by atoms with E-state index >= 15 is 0 Å². The van der Waals surface area contributed by atoms with Crippen LogP contribution >= 0.6 is 0 Å². The second kappa shape index (κ2) is 10.8. The van der Waals surface area contributed by atoms with Gasteiger partial charge in [-0.3, -0.25) is 14.2 Å². The minimum atomic E-state index is -4.60. The fourth-order valence-corrected chi connectivity index (χ4v) is 3.77. The normalized spacial score (nSPS) is 12.4. The lowest BCUT2D eigenvalue weighted by Crippen LogP contribution is -2.33. The summed E-state index contributed by atoms with van der Waals surface area (Å²) in [5.41, 5.74) is -0.387. The van der Waals surface area contributed by atoms with E-state index in [-0.39, 0.29) is 35.8 Å². The van der Waals surface area contributed by atoms with Crippen molar-refractivity contribution in [2.24, 2.45) is 0 Å². The third-order valence-electron chi connectivity index (χ3n) is 4.90. The van der Waals surface area contributed by atoms with Crippen molar-refractivity contribution >= 4 is 17.0 Å². The number of hydrogen-bond donors (Lipinski definition) is 2. The summed E-state index contributed by atoms with van der Waals surface area (Å²) < 4.78 is 65.5. The highest BCUT2D eigenvalue weighted by molar-refractivity contribution is 7.78. The molecular formula is C23H21F3N2O5S. The van der Waals surface area contributed by atoms with E-state index in [1.165, 1.54) is 31.4 Å². The molecule has 1 aromatic heterocycles. The zero-order valence-electron chi connectivity index (χ0n) is 18.0. The van der Waals surface area contributed by atoms with Crippen molar-refractivity contribution in [1.82, 2.24) is 9.88 Å². The fourth-order valence-electron chi connectivity index (χ4n) is 3.29. The minimum Gasteiger partial charge on any atom is -0.378 e. The summed E-state index contributed by atoms with van der Waals surface area (Å²) in [7, 11) is 1.38. The third kappa shape index (κ3) is 6.19. The summed E-state index contributed by atoms with van der Waals surface area (Å²) in [6.45, 7) is 0.0164. The van der Waals surface area contributed by atoms with Gasteiger partial charge in [0.1, 0.15) is 5.56 Å². The Morgan fingerprint density at radius 1 is 1.09 bits per heavy atom. The molecule has 0 saturated carbocycles. The van der Waals surface area contributed by atoms with Gasteiger partial charge in [-0.2, -0.15) is 13.2 Å². The predicted molar refractivity (Wildman–Crippen MR) is 120 cm³/mol. The minimum absolute atomic E-state index is 0.0183. The van der Waals surface area contributed by atoms with Gasteiger partial charge >= 0.3 is 6.18 Å². The number of carbonyl (C=O) groups excluding carboxylic acids is 1. The lowest BCUT2D eigenvalue weighted by atomic mass is 10.1. The van der Waals surface area contributed by atoms with Gasteiger partial charge in [0.25, 0.3) is 11.5 Å². The molecular weight excluding hydrogens is 473 g/mol. The number of alkyl halides is 3. The van der Waals surface area contributed by atoms with Gasteiger partial charge in [-0.05, 0) is 41.5 Å². The van der Waals surface area contributed by atoms with Crippen molar-refractivity contribution in [3.8, 4) is 5.69 Å². The summed E-state index contributed by atoms with van der Waals surface area (Å²) >= 11 is -1.97. The molecule has 0 fully saturated rings. The molecule has 2 aromatic carbocycles. The number of nitrogens with zero attached hydrogens (tertiary/aromatic N) is 1. The standard InChI is InChI=1S/C23H21F3N2O5S/c1-33-13-19-9-10-20(21(29)27-12-15-5-7-16(8-6-15)14-34(31)32)22(30)28(19)18-4-2-3-17(11-18)23(24,25)26/h2-11H,12-14H2,1H3,(H,27,29)(H,31,32). The van der Waals surface area contributed by atoms with E-state index in [1.54, 1.807) is 24.3 Å². The van der Waals surface area contributed by atoms with E-state index in [2.05, 4.69) is 5.32 Å². The van der Waals surface area contributed by atoms with Gasteiger partial charge < -0.3 is 14.6 Å². The van der Waals surface area contributed by atoms with E-state index in [0.29, 0.717) is 11.1 Å². The number of aromatic nitrogens is 1. The number of nitrogens with one attached hydrogen (secondary N) is 1. The Kier molecular flexibility index (Phi) is 8.02. The molecule has 34 heavy (non-hydrogen) atoms. The monoisotopic (exact) mass is 494 g/mol. The molecule has 0 saturated heterocycles. The van der Waals surface area contributed by atoms with Gasteiger partial charge in [0.15, 0.2) is 11.1 Å². The van der Waals surface area contributed by atoms with Crippen molar-refractivity contribution in [2.45, 2.75) is 25.1 Å². The van der Waals surface area contributed by atoms with Crippen LogP contribution in [0.1, 0.15) is 32.7 Å². The van der Waals surface area contributed by atoms with Crippen LogP contribution in [0.15, 0.2) is 65.5 Å².